The summed E-state index contributed by atoms with van der Waals surface area (Å²) in [5.74, 6) is 1.81. The van der Waals surface area contributed by atoms with Crippen LogP contribution in [-0.2, 0) is 6.42 Å². The molecule has 0 fully saturated rings. The van der Waals surface area contributed by atoms with Gasteiger partial charge in [0.15, 0.2) is 11.5 Å². The van der Waals surface area contributed by atoms with Crippen LogP contribution in [0.25, 0.3) is 5.57 Å². The van der Waals surface area contributed by atoms with Crippen molar-refractivity contribution in [1.29, 1.82) is 0 Å². The molecule has 0 aliphatic heterocycles. The minimum atomic E-state index is 0.344. The van der Waals surface area contributed by atoms with Gasteiger partial charge in [0.05, 0.1) is 13.7 Å². The van der Waals surface area contributed by atoms with Gasteiger partial charge in [-0.1, -0.05) is 25.1 Å². The van der Waals surface area contributed by atoms with Gasteiger partial charge in [-0.05, 0) is 66.8 Å². The van der Waals surface area contributed by atoms with Gasteiger partial charge in [0.25, 0.3) is 0 Å². The van der Waals surface area contributed by atoms with Crippen LogP contribution in [-0.4, -0.2) is 18.8 Å². The normalized spacial score (nSPS) is 11.4. The van der Waals surface area contributed by atoms with E-state index in [4.69, 9.17) is 9.47 Å². The molecule has 0 bridgehead atoms. The Bertz CT molecular complexity index is 702. The summed E-state index contributed by atoms with van der Waals surface area (Å²) < 4.78 is 11.0. The molecule has 0 aromatic heterocycles. The summed E-state index contributed by atoms with van der Waals surface area (Å²) in [6.45, 7) is 6.59. The summed E-state index contributed by atoms with van der Waals surface area (Å²) in [6.07, 6.45) is 2.87. The number of hydrogen-bond donors (Lipinski definition) is 1. The van der Waals surface area contributed by atoms with Crippen LogP contribution in [0.3, 0.4) is 0 Å². The van der Waals surface area contributed by atoms with Gasteiger partial charge in [0, 0.05) is 0 Å². The molecule has 3 nitrogen and oxygen atoms in total. The highest BCUT2D eigenvalue weighted by Gasteiger charge is 2.11. The first kappa shape index (κ1) is 16.9. The summed E-state index contributed by atoms with van der Waals surface area (Å²) >= 11 is 0. The van der Waals surface area contributed by atoms with E-state index in [-0.39, 0.29) is 0 Å². The quantitative estimate of drug-likeness (QED) is 0.831. The van der Waals surface area contributed by atoms with Crippen LogP contribution >= 0.6 is 0 Å². The van der Waals surface area contributed by atoms with Gasteiger partial charge in [0.2, 0.25) is 0 Å². The Balaban J connectivity index is 2.47. The summed E-state index contributed by atoms with van der Waals surface area (Å²) in [7, 11) is 1.64. The van der Waals surface area contributed by atoms with Crippen molar-refractivity contribution in [2.75, 3.05) is 13.7 Å². The van der Waals surface area contributed by atoms with Gasteiger partial charge < -0.3 is 14.6 Å². The Kier molecular flexibility index (Phi) is 5.69. The number of allylic oxidation sites excluding steroid dienone is 1. The highest BCUT2D eigenvalue weighted by molar-refractivity contribution is 5.81. The fourth-order valence-electron chi connectivity index (χ4n) is 2.65. The number of rotatable bonds is 6. The van der Waals surface area contributed by atoms with Crippen LogP contribution in [0.1, 0.15) is 37.5 Å². The Labute approximate surface area is 138 Å². The standard InChI is InChI=1S/C20H24O3/c1-5-14-12-15(8-10-18(14)21)17(6-2)16-9-11-19(22-4)20(13-16)23-7-3/h6,8-13,21H,5,7H2,1-4H3/b17-6+. The summed E-state index contributed by atoms with van der Waals surface area (Å²) in [5, 5.41) is 9.89. The SMILES string of the molecule is C/C=C(\c1ccc(O)c(CC)c1)c1ccc(OC)c(OCC)c1. The maximum Gasteiger partial charge on any atom is 0.161 e. The van der Waals surface area contributed by atoms with Crippen molar-refractivity contribution in [2.24, 2.45) is 0 Å². The van der Waals surface area contributed by atoms with Crippen molar-refractivity contribution < 1.29 is 14.6 Å². The van der Waals surface area contributed by atoms with E-state index in [0.29, 0.717) is 12.4 Å². The molecule has 0 saturated heterocycles. The lowest BCUT2D eigenvalue weighted by molar-refractivity contribution is 0.311. The zero-order chi connectivity index (χ0) is 16.8. The van der Waals surface area contributed by atoms with Crippen molar-refractivity contribution in [3.05, 3.63) is 59.2 Å². The third-order valence-electron chi connectivity index (χ3n) is 3.83. The van der Waals surface area contributed by atoms with Gasteiger partial charge in [-0.25, -0.2) is 0 Å². The van der Waals surface area contributed by atoms with Gasteiger partial charge in [-0.3, -0.25) is 0 Å². The Morgan fingerprint density at radius 1 is 1.04 bits per heavy atom. The summed E-state index contributed by atoms with van der Waals surface area (Å²) in [5.41, 5.74) is 4.18. The minimum absolute atomic E-state index is 0.344. The Morgan fingerprint density at radius 2 is 1.74 bits per heavy atom. The second-order valence-electron chi connectivity index (χ2n) is 5.20. The van der Waals surface area contributed by atoms with Crippen LogP contribution in [0.2, 0.25) is 0 Å². The molecule has 0 radical (unpaired) electrons. The van der Waals surface area contributed by atoms with E-state index in [9.17, 15) is 5.11 Å². The van der Waals surface area contributed by atoms with Gasteiger partial charge in [-0.2, -0.15) is 0 Å². The first-order chi connectivity index (χ1) is 11.1. The number of methoxy groups -OCH3 is 1. The predicted octanol–water partition coefficient (Wildman–Crippen LogP) is 4.81. The number of phenols is 1. The fraction of sp³-hybridized carbons (Fsp3) is 0.300. The molecule has 0 atom stereocenters. The molecule has 0 amide bonds. The average Bonchev–Trinajstić information content (AvgIpc) is 2.57. The Morgan fingerprint density at radius 3 is 2.35 bits per heavy atom. The van der Waals surface area contributed by atoms with Crippen LogP contribution in [0.15, 0.2) is 42.5 Å². The Hall–Kier alpha value is -2.42. The molecule has 2 rings (SSSR count). The summed E-state index contributed by atoms with van der Waals surface area (Å²) in [4.78, 5) is 0. The maximum absolute atomic E-state index is 9.89. The zero-order valence-electron chi connectivity index (χ0n) is 14.2. The number of ether oxygens (including phenoxy) is 2. The average molecular weight is 312 g/mol. The van der Waals surface area contributed by atoms with Crippen LogP contribution < -0.4 is 9.47 Å². The van der Waals surface area contributed by atoms with Crippen molar-refractivity contribution >= 4 is 5.57 Å². The number of phenolic OH excluding ortho intramolecular Hbond substituents is 1. The molecular weight excluding hydrogens is 288 g/mol. The molecule has 23 heavy (non-hydrogen) atoms. The minimum Gasteiger partial charge on any atom is -0.508 e. The second kappa shape index (κ2) is 7.73. The van der Waals surface area contributed by atoms with Crippen LogP contribution in [0, 0.1) is 0 Å². The van der Waals surface area contributed by atoms with Crippen molar-refractivity contribution in [3.8, 4) is 17.2 Å². The first-order valence-corrected chi connectivity index (χ1v) is 7.94. The molecule has 2 aromatic rings. The molecule has 3 heteroatoms. The number of benzene rings is 2. The lowest BCUT2D eigenvalue weighted by Gasteiger charge is -2.14. The van der Waals surface area contributed by atoms with Gasteiger partial charge in [-0.15, -0.1) is 0 Å². The van der Waals surface area contributed by atoms with E-state index in [1.54, 1.807) is 13.2 Å². The van der Waals surface area contributed by atoms with Gasteiger partial charge >= 0.3 is 0 Å². The monoisotopic (exact) mass is 312 g/mol. The largest absolute Gasteiger partial charge is 0.508 e. The molecule has 0 heterocycles. The first-order valence-electron chi connectivity index (χ1n) is 7.94. The molecule has 0 aliphatic carbocycles. The highest BCUT2D eigenvalue weighted by atomic mass is 16.5. The fourth-order valence-corrected chi connectivity index (χ4v) is 2.65. The van der Waals surface area contributed by atoms with Crippen molar-refractivity contribution in [1.82, 2.24) is 0 Å². The lowest BCUT2D eigenvalue weighted by Crippen LogP contribution is -1.97. The predicted molar refractivity (Wildman–Crippen MR) is 94.4 cm³/mol. The van der Waals surface area contributed by atoms with E-state index in [2.05, 4.69) is 6.08 Å². The number of aryl methyl sites for hydroxylation is 1. The second-order valence-corrected chi connectivity index (χ2v) is 5.20. The van der Waals surface area contributed by atoms with Crippen molar-refractivity contribution in [2.45, 2.75) is 27.2 Å². The molecule has 0 spiro atoms. The highest BCUT2D eigenvalue weighted by Crippen LogP contribution is 2.34. The van der Waals surface area contributed by atoms with Crippen molar-refractivity contribution in [3.63, 3.8) is 0 Å². The van der Waals surface area contributed by atoms with E-state index < -0.39 is 0 Å². The van der Waals surface area contributed by atoms with Gasteiger partial charge in [0.1, 0.15) is 5.75 Å². The molecule has 1 N–H and O–H groups in total. The summed E-state index contributed by atoms with van der Waals surface area (Å²) in [6, 6.07) is 11.7. The zero-order valence-corrected chi connectivity index (χ0v) is 14.2. The van der Waals surface area contributed by atoms with Crippen LogP contribution in [0.4, 0.5) is 0 Å². The van der Waals surface area contributed by atoms with E-state index in [1.165, 1.54) is 0 Å². The molecule has 122 valence electrons. The third-order valence-corrected chi connectivity index (χ3v) is 3.83. The molecule has 0 saturated carbocycles. The number of hydrogen-bond acceptors (Lipinski definition) is 3. The molecular formula is C20H24O3. The van der Waals surface area contributed by atoms with E-state index in [1.807, 2.05) is 51.1 Å². The topological polar surface area (TPSA) is 38.7 Å². The molecule has 0 aliphatic rings. The van der Waals surface area contributed by atoms with Crippen LogP contribution in [0.5, 0.6) is 17.2 Å². The molecule has 0 unspecified atom stereocenters. The lowest BCUT2D eigenvalue weighted by atomic mass is 9.95. The third kappa shape index (κ3) is 3.67. The molecule has 2 aromatic carbocycles. The number of aromatic hydroxyl groups is 1. The maximum atomic E-state index is 9.89. The van der Waals surface area contributed by atoms with E-state index >= 15 is 0 Å². The smallest absolute Gasteiger partial charge is 0.161 e. The van der Waals surface area contributed by atoms with E-state index in [0.717, 1.165) is 40.2 Å².